The molecule has 0 aromatic carbocycles. The molecule has 4 heterocycles. The van der Waals surface area contributed by atoms with Crippen LogP contribution < -0.4 is 0 Å². The van der Waals surface area contributed by atoms with Crippen molar-refractivity contribution < 1.29 is 13.2 Å². The Labute approximate surface area is 143 Å². The van der Waals surface area contributed by atoms with E-state index in [2.05, 4.69) is 4.90 Å². The van der Waals surface area contributed by atoms with Crippen LogP contribution in [0.25, 0.3) is 0 Å². The monoisotopic (exact) mass is 358 g/mol. The number of thiophene rings is 1. The zero-order valence-electron chi connectivity index (χ0n) is 14.1. The lowest BCUT2D eigenvalue weighted by molar-refractivity contribution is 0.0881. The van der Waals surface area contributed by atoms with Gasteiger partial charge < -0.3 is 4.74 Å². The van der Waals surface area contributed by atoms with E-state index in [0.29, 0.717) is 36.6 Å². The van der Waals surface area contributed by atoms with Crippen LogP contribution in [0.4, 0.5) is 0 Å². The molecule has 3 fully saturated rings. The van der Waals surface area contributed by atoms with E-state index < -0.39 is 10.0 Å². The van der Waals surface area contributed by atoms with Crippen LogP contribution in [0.15, 0.2) is 11.0 Å². The average Bonchev–Trinajstić information content (AvgIpc) is 2.69. The van der Waals surface area contributed by atoms with Gasteiger partial charge in [0, 0.05) is 49.1 Å². The quantitative estimate of drug-likeness (QED) is 0.809. The molecule has 3 saturated heterocycles. The van der Waals surface area contributed by atoms with Crippen LogP contribution >= 0.6 is 11.3 Å². The molecule has 1 aromatic heterocycles. The fourth-order valence-electron chi connectivity index (χ4n) is 3.82. The van der Waals surface area contributed by atoms with Gasteiger partial charge in [-0.15, -0.1) is 11.3 Å². The molecule has 0 radical (unpaired) electrons. The van der Waals surface area contributed by atoms with Gasteiger partial charge in [-0.1, -0.05) is 0 Å². The van der Waals surface area contributed by atoms with Crippen molar-refractivity contribution in [3.63, 3.8) is 0 Å². The van der Waals surface area contributed by atoms with Crippen LogP contribution in [0.3, 0.4) is 0 Å². The van der Waals surface area contributed by atoms with Crippen molar-refractivity contribution in [3.05, 3.63) is 15.8 Å². The molecule has 1 aromatic rings. The lowest BCUT2D eigenvalue weighted by Crippen LogP contribution is -2.45. The summed E-state index contributed by atoms with van der Waals surface area (Å²) < 4.78 is 33.1. The minimum Gasteiger partial charge on any atom is -0.383 e. The van der Waals surface area contributed by atoms with Crippen molar-refractivity contribution in [2.75, 3.05) is 39.9 Å². The van der Waals surface area contributed by atoms with Gasteiger partial charge in [0.2, 0.25) is 10.0 Å². The molecule has 0 N–H and O–H groups in total. The van der Waals surface area contributed by atoms with Crippen LogP contribution in [-0.4, -0.2) is 63.6 Å². The average molecular weight is 359 g/mol. The second-order valence-electron chi connectivity index (χ2n) is 6.68. The van der Waals surface area contributed by atoms with Crippen LogP contribution in [0.5, 0.6) is 0 Å². The SMILES string of the molecule is COCCN1C[C@@H]2CC[C@H]1CN(S(=O)(=O)c1cc(C)sc1C)C2. The first-order chi connectivity index (χ1) is 10.9. The molecule has 0 aliphatic carbocycles. The predicted octanol–water partition coefficient (Wildman–Crippen LogP) is 2.10. The molecule has 0 amide bonds. The third kappa shape index (κ3) is 3.49. The lowest BCUT2D eigenvalue weighted by Gasteiger charge is -2.35. The number of rotatable bonds is 5. The topological polar surface area (TPSA) is 49.9 Å². The third-order valence-corrected chi connectivity index (χ3v) is 8.04. The maximum Gasteiger partial charge on any atom is 0.244 e. The van der Waals surface area contributed by atoms with E-state index in [0.717, 1.165) is 35.7 Å². The highest BCUT2D eigenvalue weighted by Crippen LogP contribution is 2.33. The summed E-state index contributed by atoms with van der Waals surface area (Å²) in [6.07, 6.45) is 2.21. The molecule has 7 heteroatoms. The smallest absolute Gasteiger partial charge is 0.244 e. The fraction of sp³-hybridized carbons (Fsp3) is 0.750. The minimum atomic E-state index is -3.38. The van der Waals surface area contributed by atoms with Gasteiger partial charge in [-0.05, 0) is 38.7 Å². The Morgan fingerprint density at radius 1 is 1.26 bits per heavy atom. The van der Waals surface area contributed by atoms with Gasteiger partial charge in [0.25, 0.3) is 0 Å². The van der Waals surface area contributed by atoms with Gasteiger partial charge in [-0.2, -0.15) is 4.31 Å². The molecule has 5 nitrogen and oxygen atoms in total. The highest BCUT2D eigenvalue weighted by molar-refractivity contribution is 7.89. The number of methoxy groups -OCH3 is 1. The molecule has 0 saturated carbocycles. The molecule has 0 unspecified atom stereocenters. The lowest BCUT2D eigenvalue weighted by atomic mass is 9.95. The van der Waals surface area contributed by atoms with Crippen molar-refractivity contribution in [2.24, 2.45) is 5.92 Å². The Morgan fingerprint density at radius 2 is 2.04 bits per heavy atom. The molecular weight excluding hydrogens is 332 g/mol. The fourth-order valence-corrected chi connectivity index (χ4v) is 6.89. The summed E-state index contributed by atoms with van der Waals surface area (Å²) in [5.41, 5.74) is 0. The highest BCUT2D eigenvalue weighted by atomic mass is 32.2. The summed E-state index contributed by atoms with van der Waals surface area (Å²) in [6, 6.07) is 2.14. The summed E-state index contributed by atoms with van der Waals surface area (Å²) in [4.78, 5) is 4.87. The van der Waals surface area contributed by atoms with Crippen LogP contribution in [0.1, 0.15) is 22.6 Å². The standard InChI is InChI=1S/C16H26N2O3S2/c1-12-8-16(13(2)22-12)23(19,20)18-10-14-4-5-15(11-18)17(9-14)6-7-21-3/h8,14-15H,4-7,9-11H2,1-3H3/t14-,15-/m0/s1. The van der Waals surface area contributed by atoms with E-state index in [9.17, 15) is 8.42 Å². The highest BCUT2D eigenvalue weighted by Gasteiger charge is 2.39. The summed E-state index contributed by atoms with van der Waals surface area (Å²) in [7, 11) is -1.66. The summed E-state index contributed by atoms with van der Waals surface area (Å²) in [6.45, 7) is 7.72. The largest absolute Gasteiger partial charge is 0.383 e. The van der Waals surface area contributed by atoms with Crippen molar-refractivity contribution in [2.45, 2.75) is 37.6 Å². The molecule has 0 spiro atoms. The van der Waals surface area contributed by atoms with E-state index in [1.54, 1.807) is 22.8 Å². The summed E-state index contributed by atoms with van der Waals surface area (Å²) in [5, 5.41) is 0. The maximum absolute atomic E-state index is 13.1. The van der Waals surface area contributed by atoms with Crippen LogP contribution in [0, 0.1) is 19.8 Å². The molecule has 130 valence electrons. The number of aryl methyl sites for hydroxylation is 2. The number of hydrogen-bond donors (Lipinski definition) is 0. The first-order valence-electron chi connectivity index (χ1n) is 8.22. The zero-order valence-corrected chi connectivity index (χ0v) is 15.8. The second kappa shape index (κ2) is 6.80. The molecule has 2 atom stereocenters. The zero-order chi connectivity index (χ0) is 16.6. The van der Waals surface area contributed by atoms with Crippen LogP contribution in [-0.2, 0) is 14.8 Å². The van der Waals surface area contributed by atoms with Gasteiger partial charge in [-0.25, -0.2) is 8.42 Å². The number of nitrogens with zero attached hydrogens (tertiary/aromatic N) is 2. The molecule has 2 bridgehead atoms. The van der Waals surface area contributed by atoms with Gasteiger partial charge in [0.1, 0.15) is 0 Å². The number of fused-ring (bicyclic) bond motifs is 4. The van der Waals surface area contributed by atoms with E-state index in [1.807, 2.05) is 19.9 Å². The predicted molar refractivity (Wildman–Crippen MR) is 92.5 cm³/mol. The molecule has 3 aliphatic heterocycles. The Hall–Kier alpha value is -0.470. The Morgan fingerprint density at radius 3 is 2.70 bits per heavy atom. The Kier molecular flexibility index (Phi) is 5.13. The third-order valence-electron chi connectivity index (χ3n) is 4.99. The molecule has 3 aliphatic rings. The van der Waals surface area contributed by atoms with E-state index in [4.69, 9.17) is 4.74 Å². The van der Waals surface area contributed by atoms with Gasteiger partial charge >= 0.3 is 0 Å². The van der Waals surface area contributed by atoms with Crippen molar-refractivity contribution in [1.29, 1.82) is 0 Å². The van der Waals surface area contributed by atoms with Crippen molar-refractivity contribution in [1.82, 2.24) is 9.21 Å². The van der Waals surface area contributed by atoms with E-state index in [-0.39, 0.29) is 0 Å². The first kappa shape index (κ1) is 17.4. The van der Waals surface area contributed by atoms with Gasteiger partial charge in [0.15, 0.2) is 0 Å². The first-order valence-corrected chi connectivity index (χ1v) is 10.5. The summed E-state index contributed by atoms with van der Waals surface area (Å²) >= 11 is 1.56. The number of piperidine rings is 1. The molecule has 4 rings (SSSR count). The second-order valence-corrected chi connectivity index (χ2v) is 10.1. The van der Waals surface area contributed by atoms with Crippen LogP contribution in [0.2, 0.25) is 0 Å². The van der Waals surface area contributed by atoms with Gasteiger partial charge in [0.05, 0.1) is 11.5 Å². The summed E-state index contributed by atoms with van der Waals surface area (Å²) in [5.74, 6) is 0.431. The molecule has 23 heavy (non-hydrogen) atoms. The Bertz CT molecular complexity index is 656. The van der Waals surface area contributed by atoms with E-state index in [1.165, 1.54) is 0 Å². The molecular formula is C16H26N2O3S2. The van der Waals surface area contributed by atoms with Crippen molar-refractivity contribution in [3.8, 4) is 0 Å². The van der Waals surface area contributed by atoms with Gasteiger partial charge in [-0.3, -0.25) is 4.90 Å². The maximum atomic E-state index is 13.1. The Balaban J connectivity index is 1.83. The number of hydrogen-bond acceptors (Lipinski definition) is 5. The number of ether oxygens (including phenoxy) is 1. The number of sulfonamides is 1. The van der Waals surface area contributed by atoms with E-state index >= 15 is 0 Å². The minimum absolute atomic E-state index is 0.318. The normalized spacial score (nSPS) is 26.6. The van der Waals surface area contributed by atoms with Crippen molar-refractivity contribution >= 4 is 21.4 Å².